The first kappa shape index (κ1) is 18.0. The van der Waals surface area contributed by atoms with Crippen LogP contribution in [0.5, 0.6) is 0 Å². The number of nitro benzene ring substituents is 1. The second-order valence-corrected chi connectivity index (χ2v) is 5.83. The van der Waals surface area contributed by atoms with Crippen LogP contribution in [0.3, 0.4) is 0 Å². The third-order valence-corrected chi connectivity index (χ3v) is 4.03. The number of rotatable bonds is 7. The summed E-state index contributed by atoms with van der Waals surface area (Å²) < 4.78 is 0. The lowest BCUT2D eigenvalue weighted by Crippen LogP contribution is -2.52. The molecule has 0 saturated carbocycles. The molecular formula is C14H18N2O5S. The van der Waals surface area contributed by atoms with Crippen LogP contribution in [0.4, 0.5) is 5.69 Å². The minimum absolute atomic E-state index is 0.0630. The largest absolute Gasteiger partial charge is 0.480 e. The van der Waals surface area contributed by atoms with Crippen molar-refractivity contribution in [1.29, 1.82) is 0 Å². The normalized spacial score (nSPS) is 13.2. The number of carbonyl (C=O) groups excluding carboxylic acids is 1. The standard InChI is InChI=1S/C14H18N2O5S/c1-4-7-14(2,13(18)19)15-12(17)9-5-6-11(22-3)10(8-9)16(20)21/h5-6,8H,4,7H2,1-3H3,(H,15,17)(H,18,19). The highest BCUT2D eigenvalue weighted by atomic mass is 32.2. The Balaban J connectivity index is 3.10. The molecule has 0 bridgehead atoms. The first-order valence-electron chi connectivity index (χ1n) is 6.63. The maximum absolute atomic E-state index is 12.2. The van der Waals surface area contributed by atoms with E-state index in [4.69, 9.17) is 0 Å². The average molecular weight is 326 g/mol. The van der Waals surface area contributed by atoms with Gasteiger partial charge in [-0.05, 0) is 31.7 Å². The second kappa shape index (κ2) is 7.26. The van der Waals surface area contributed by atoms with Crippen molar-refractivity contribution >= 4 is 29.3 Å². The van der Waals surface area contributed by atoms with E-state index in [1.807, 2.05) is 6.92 Å². The Labute approximate surface area is 132 Å². The summed E-state index contributed by atoms with van der Waals surface area (Å²) in [5.41, 5.74) is -1.51. The first-order valence-corrected chi connectivity index (χ1v) is 7.86. The molecule has 1 rings (SSSR count). The molecule has 1 amide bonds. The van der Waals surface area contributed by atoms with Gasteiger partial charge in [0.2, 0.25) is 0 Å². The Kier molecular flexibility index (Phi) is 5.92. The van der Waals surface area contributed by atoms with E-state index in [0.29, 0.717) is 11.3 Å². The van der Waals surface area contributed by atoms with Crippen molar-refractivity contribution in [2.45, 2.75) is 37.1 Å². The fourth-order valence-electron chi connectivity index (χ4n) is 2.02. The molecule has 1 atom stereocenters. The number of thioether (sulfide) groups is 1. The van der Waals surface area contributed by atoms with E-state index >= 15 is 0 Å². The molecule has 2 N–H and O–H groups in total. The van der Waals surface area contributed by atoms with Crippen molar-refractivity contribution in [3.63, 3.8) is 0 Å². The number of aliphatic carboxylic acids is 1. The number of amides is 1. The van der Waals surface area contributed by atoms with Gasteiger partial charge in [-0.3, -0.25) is 14.9 Å². The van der Waals surface area contributed by atoms with Crippen molar-refractivity contribution in [2.75, 3.05) is 6.26 Å². The molecule has 0 radical (unpaired) electrons. The van der Waals surface area contributed by atoms with E-state index in [1.54, 1.807) is 6.26 Å². The summed E-state index contributed by atoms with van der Waals surface area (Å²) in [6, 6.07) is 4.09. The Bertz CT molecular complexity index is 605. The van der Waals surface area contributed by atoms with Crippen LogP contribution in [0.1, 0.15) is 37.0 Å². The number of hydrogen-bond acceptors (Lipinski definition) is 5. The summed E-state index contributed by atoms with van der Waals surface area (Å²) in [5, 5.41) is 22.7. The van der Waals surface area contributed by atoms with Crippen molar-refractivity contribution in [3.05, 3.63) is 33.9 Å². The van der Waals surface area contributed by atoms with E-state index in [1.165, 1.54) is 30.8 Å². The number of benzene rings is 1. The molecule has 0 aliphatic rings. The summed E-state index contributed by atoms with van der Waals surface area (Å²) >= 11 is 1.20. The number of nitrogens with zero attached hydrogens (tertiary/aromatic N) is 1. The van der Waals surface area contributed by atoms with Crippen molar-refractivity contribution < 1.29 is 19.6 Å². The molecule has 0 saturated heterocycles. The zero-order valence-electron chi connectivity index (χ0n) is 12.6. The molecule has 22 heavy (non-hydrogen) atoms. The van der Waals surface area contributed by atoms with Crippen molar-refractivity contribution in [3.8, 4) is 0 Å². The smallest absolute Gasteiger partial charge is 0.329 e. The highest BCUT2D eigenvalue weighted by molar-refractivity contribution is 7.98. The molecular weight excluding hydrogens is 308 g/mol. The van der Waals surface area contributed by atoms with Crippen molar-refractivity contribution in [2.24, 2.45) is 0 Å². The Morgan fingerprint density at radius 3 is 2.55 bits per heavy atom. The number of carboxylic acids is 1. The molecule has 0 aromatic heterocycles. The SMILES string of the molecule is CCCC(C)(NC(=O)c1ccc(SC)c([N+](=O)[O-])c1)C(=O)O. The Hall–Kier alpha value is -2.09. The van der Waals surface area contributed by atoms with Gasteiger partial charge in [-0.15, -0.1) is 11.8 Å². The molecule has 1 aromatic rings. The minimum atomic E-state index is -1.40. The van der Waals surface area contributed by atoms with Gasteiger partial charge in [0.05, 0.1) is 9.82 Å². The maximum atomic E-state index is 12.2. The first-order chi connectivity index (χ1) is 10.2. The molecule has 0 aliphatic carbocycles. The van der Waals surface area contributed by atoms with Crippen LogP contribution in [0.2, 0.25) is 0 Å². The minimum Gasteiger partial charge on any atom is -0.480 e. The third-order valence-electron chi connectivity index (χ3n) is 3.25. The average Bonchev–Trinajstić information content (AvgIpc) is 2.46. The zero-order valence-corrected chi connectivity index (χ0v) is 13.4. The summed E-state index contributed by atoms with van der Waals surface area (Å²) in [6.45, 7) is 3.23. The number of hydrogen-bond donors (Lipinski definition) is 2. The molecule has 0 fully saturated rings. The van der Waals surface area contributed by atoms with E-state index in [-0.39, 0.29) is 17.7 Å². The third kappa shape index (κ3) is 3.97. The Morgan fingerprint density at radius 2 is 2.09 bits per heavy atom. The lowest BCUT2D eigenvalue weighted by atomic mass is 9.95. The second-order valence-electron chi connectivity index (χ2n) is 4.99. The number of nitro groups is 1. The van der Waals surface area contributed by atoms with Gasteiger partial charge >= 0.3 is 5.97 Å². The van der Waals surface area contributed by atoms with Crippen LogP contribution in [0.25, 0.3) is 0 Å². The van der Waals surface area contributed by atoms with Gasteiger partial charge in [-0.25, -0.2) is 4.79 Å². The maximum Gasteiger partial charge on any atom is 0.329 e. The van der Waals surface area contributed by atoms with Gasteiger partial charge < -0.3 is 10.4 Å². The fraction of sp³-hybridized carbons (Fsp3) is 0.429. The lowest BCUT2D eigenvalue weighted by molar-refractivity contribution is -0.387. The van der Waals surface area contributed by atoms with Gasteiger partial charge in [0.15, 0.2) is 0 Å². The quantitative estimate of drug-likeness (QED) is 0.453. The fourth-order valence-corrected chi connectivity index (χ4v) is 2.57. The summed E-state index contributed by atoms with van der Waals surface area (Å²) in [4.78, 5) is 34.4. The van der Waals surface area contributed by atoms with Crippen LogP contribution in [0.15, 0.2) is 23.1 Å². The molecule has 7 nitrogen and oxygen atoms in total. The number of carbonyl (C=O) groups is 2. The van der Waals surface area contributed by atoms with Crippen LogP contribution in [-0.2, 0) is 4.79 Å². The van der Waals surface area contributed by atoms with Crippen molar-refractivity contribution in [1.82, 2.24) is 5.32 Å². The van der Waals surface area contributed by atoms with Crippen LogP contribution in [0, 0.1) is 10.1 Å². The van der Waals surface area contributed by atoms with E-state index in [0.717, 1.165) is 6.07 Å². The van der Waals surface area contributed by atoms with Crippen LogP contribution < -0.4 is 5.32 Å². The van der Waals surface area contributed by atoms with E-state index < -0.39 is 22.3 Å². The van der Waals surface area contributed by atoms with Gasteiger partial charge in [-0.2, -0.15) is 0 Å². The summed E-state index contributed by atoms with van der Waals surface area (Å²) in [5.74, 6) is -1.79. The topological polar surface area (TPSA) is 110 Å². The molecule has 0 aliphatic heterocycles. The molecule has 0 heterocycles. The van der Waals surface area contributed by atoms with Crippen LogP contribution >= 0.6 is 11.8 Å². The van der Waals surface area contributed by atoms with Gasteiger partial charge in [-0.1, -0.05) is 13.3 Å². The highest BCUT2D eigenvalue weighted by Gasteiger charge is 2.34. The lowest BCUT2D eigenvalue weighted by Gasteiger charge is -2.25. The van der Waals surface area contributed by atoms with E-state index in [9.17, 15) is 24.8 Å². The van der Waals surface area contributed by atoms with Crippen LogP contribution in [-0.4, -0.2) is 33.7 Å². The summed E-state index contributed by atoms with van der Waals surface area (Å²) in [6.07, 6.45) is 2.54. The zero-order chi connectivity index (χ0) is 16.9. The molecule has 1 unspecified atom stereocenters. The van der Waals surface area contributed by atoms with E-state index in [2.05, 4.69) is 5.32 Å². The molecule has 0 spiro atoms. The molecule has 120 valence electrons. The molecule has 8 heteroatoms. The van der Waals surface area contributed by atoms with Gasteiger partial charge in [0, 0.05) is 11.6 Å². The van der Waals surface area contributed by atoms with Gasteiger partial charge in [0.25, 0.3) is 11.6 Å². The highest BCUT2D eigenvalue weighted by Crippen LogP contribution is 2.28. The predicted molar refractivity (Wildman–Crippen MR) is 83.3 cm³/mol. The Morgan fingerprint density at radius 1 is 1.45 bits per heavy atom. The monoisotopic (exact) mass is 326 g/mol. The predicted octanol–water partition coefficient (Wildman–Crippen LogP) is 2.69. The summed E-state index contributed by atoms with van der Waals surface area (Å²) in [7, 11) is 0. The molecule has 1 aromatic carbocycles. The van der Waals surface area contributed by atoms with Gasteiger partial charge in [0.1, 0.15) is 5.54 Å². The number of nitrogens with one attached hydrogen (secondary N) is 1. The number of carboxylic acid groups (broad SMARTS) is 1.